The lowest BCUT2D eigenvalue weighted by atomic mass is 9.83. The molecule has 0 heterocycles. The molecule has 114 valence electrons. The van der Waals surface area contributed by atoms with E-state index in [2.05, 4.69) is 13.8 Å². The van der Waals surface area contributed by atoms with Crippen LogP contribution in [0.5, 0.6) is 0 Å². The largest absolute Gasteiger partial charge is 0.378 e. The van der Waals surface area contributed by atoms with Gasteiger partial charge in [0, 0.05) is 16.1 Å². The molecule has 0 saturated heterocycles. The highest BCUT2D eigenvalue weighted by molar-refractivity contribution is 8.13. The molecule has 1 saturated carbocycles. The Balaban J connectivity index is 2.67. The van der Waals surface area contributed by atoms with E-state index in [1.807, 2.05) is 0 Å². The van der Waals surface area contributed by atoms with Crippen LogP contribution in [0.1, 0.15) is 65.2 Å². The Morgan fingerprint density at radius 2 is 1.79 bits per heavy atom. The van der Waals surface area contributed by atoms with Crippen LogP contribution in [0.3, 0.4) is 0 Å². The molecule has 0 N–H and O–H groups in total. The van der Waals surface area contributed by atoms with Gasteiger partial charge in [0.2, 0.25) is 9.05 Å². The molecule has 0 aromatic carbocycles. The molecule has 19 heavy (non-hydrogen) atoms. The molecule has 0 aliphatic heterocycles. The Bertz CT molecular complexity index is 346. The second-order valence-electron chi connectivity index (χ2n) is 6.01. The molecule has 0 aromatic rings. The molecule has 5 heteroatoms. The Labute approximate surface area is 122 Å². The summed E-state index contributed by atoms with van der Waals surface area (Å²) in [5, 5.41) is 0. The Morgan fingerprint density at radius 3 is 2.26 bits per heavy atom. The standard InChI is InChI=1S/C14H27ClO3S/c1-3-8-13(2)18-11-14(12-19(15,16)17)9-6-4-5-7-10-14/h13H,3-12H2,1-2H3. The average Bonchev–Trinajstić information content (AvgIpc) is 2.51. The first-order valence-corrected chi connectivity index (χ1v) is 9.89. The van der Waals surface area contributed by atoms with E-state index in [9.17, 15) is 8.42 Å². The molecule has 0 amide bonds. The fourth-order valence-corrected chi connectivity index (χ4v) is 4.78. The molecule has 0 aromatic heterocycles. The predicted octanol–water partition coefficient (Wildman–Crippen LogP) is 4.10. The van der Waals surface area contributed by atoms with Gasteiger partial charge in [-0.3, -0.25) is 0 Å². The highest BCUT2D eigenvalue weighted by Gasteiger charge is 2.36. The van der Waals surface area contributed by atoms with Gasteiger partial charge in [-0.2, -0.15) is 0 Å². The summed E-state index contributed by atoms with van der Waals surface area (Å²) in [6.45, 7) is 4.72. The zero-order chi connectivity index (χ0) is 14.4. The summed E-state index contributed by atoms with van der Waals surface area (Å²) < 4.78 is 28.9. The lowest BCUT2D eigenvalue weighted by Crippen LogP contribution is -2.34. The summed E-state index contributed by atoms with van der Waals surface area (Å²) in [5.41, 5.74) is -0.265. The first kappa shape index (κ1) is 17.3. The Morgan fingerprint density at radius 1 is 1.21 bits per heavy atom. The maximum absolute atomic E-state index is 11.5. The van der Waals surface area contributed by atoms with Gasteiger partial charge in [-0.25, -0.2) is 8.42 Å². The minimum absolute atomic E-state index is 0.0560. The second kappa shape index (κ2) is 7.84. The van der Waals surface area contributed by atoms with Gasteiger partial charge in [0.25, 0.3) is 0 Å². The molecule has 1 unspecified atom stereocenters. The van der Waals surface area contributed by atoms with E-state index >= 15 is 0 Å². The fraction of sp³-hybridized carbons (Fsp3) is 1.00. The molecule has 0 bridgehead atoms. The summed E-state index contributed by atoms with van der Waals surface area (Å²) in [5.74, 6) is 0.0560. The molecule has 1 aliphatic carbocycles. The first-order chi connectivity index (χ1) is 8.87. The van der Waals surface area contributed by atoms with Crippen LogP contribution in [0.4, 0.5) is 0 Å². The topological polar surface area (TPSA) is 43.4 Å². The van der Waals surface area contributed by atoms with Gasteiger partial charge in [0.05, 0.1) is 18.5 Å². The van der Waals surface area contributed by atoms with Gasteiger partial charge in [-0.15, -0.1) is 0 Å². The predicted molar refractivity (Wildman–Crippen MR) is 80.1 cm³/mol. The van der Waals surface area contributed by atoms with Gasteiger partial charge in [-0.05, 0) is 26.2 Å². The highest BCUT2D eigenvalue weighted by Crippen LogP contribution is 2.37. The van der Waals surface area contributed by atoms with Gasteiger partial charge >= 0.3 is 0 Å². The summed E-state index contributed by atoms with van der Waals surface area (Å²) in [6.07, 6.45) is 8.67. The van der Waals surface area contributed by atoms with Gasteiger partial charge in [0.15, 0.2) is 0 Å². The summed E-state index contributed by atoms with van der Waals surface area (Å²) in [7, 11) is 2.04. The van der Waals surface area contributed by atoms with E-state index in [1.54, 1.807) is 0 Å². The SMILES string of the molecule is CCCC(C)OCC1(CS(=O)(=O)Cl)CCCCCC1. The number of hydrogen-bond acceptors (Lipinski definition) is 3. The van der Waals surface area contributed by atoms with E-state index < -0.39 is 9.05 Å². The van der Waals surface area contributed by atoms with Crippen molar-refractivity contribution in [2.45, 2.75) is 71.3 Å². The average molecular weight is 311 g/mol. The Kier molecular flexibility index (Phi) is 7.12. The Hall–Kier alpha value is 0.200. The van der Waals surface area contributed by atoms with E-state index in [0.29, 0.717) is 6.61 Å². The summed E-state index contributed by atoms with van der Waals surface area (Å²) in [6, 6.07) is 0. The smallest absolute Gasteiger partial charge is 0.233 e. The van der Waals surface area contributed by atoms with Crippen LogP contribution in [-0.2, 0) is 13.8 Å². The van der Waals surface area contributed by atoms with Crippen molar-refractivity contribution in [2.24, 2.45) is 5.41 Å². The zero-order valence-corrected chi connectivity index (χ0v) is 13.7. The molecule has 1 aliphatic rings. The van der Waals surface area contributed by atoms with Gasteiger partial charge in [0.1, 0.15) is 0 Å². The lowest BCUT2D eigenvalue weighted by molar-refractivity contribution is -0.00297. The van der Waals surface area contributed by atoms with Crippen LogP contribution in [0.2, 0.25) is 0 Å². The van der Waals surface area contributed by atoms with Crippen LogP contribution in [0, 0.1) is 5.41 Å². The zero-order valence-electron chi connectivity index (χ0n) is 12.2. The van der Waals surface area contributed by atoms with Gasteiger partial charge in [-0.1, -0.05) is 39.0 Å². The van der Waals surface area contributed by atoms with Crippen molar-refractivity contribution < 1.29 is 13.2 Å². The third kappa shape index (κ3) is 6.96. The molecule has 1 atom stereocenters. The maximum Gasteiger partial charge on any atom is 0.233 e. The van der Waals surface area contributed by atoms with E-state index in [4.69, 9.17) is 15.4 Å². The van der Waals surface area contributed by atoms with Crippen molar-refractivity contribution in [1.82, 2.24) is 0 Å². The minimum atomic E-state index is -3.47. The molecule has 1 fully saturated rings. The molecule has 3 nitrogen and oxygen atoms in total. The number of ether oxygens (including phenoxy) is 1. The number of rotatable bonds is 7. The normalized spacial score (nSPS) is 21.8. The second-order valence-corrected chi connectivity index (χ2v) is 8.78. The first-order valence-electron chi connectivity index (χ1n) is 7.41. The van der Waals surface area contributed by atoms with E-state index in [1.165, 1.54) is 12.8 Å². The molecule has 1 rings (SSSR count). The number of halogens is 1. The van der Waals surface area contributed by atoms with Crippen molar-refractivity contribution in [3.63, 3.8) is 0 Å². The quantitative estimate of drug-likeness (QED) is 0.525. The summed E-state index contributed by atoms with van der Waals surface area (Å²) >= 11 is 0. The third-order valence-electron chi connectivity index (χ3n) is 4.01. The molecule has 0 radical (unpaired) electrons. The maximum atomic E-state index is 11.5. The van der Waals surface area contributed by atoms with Crippen molar-refractivity contribution in [1.29, 1.82) is 0 Å². The van der Waals surface area contributed by atoms with Crippen LogP contribution >= 0.6 is 10.7 Å². The van der Waals surface area contributed by atoms with Crippen LogP contribution < -0.4 is 0 Å². The van der Waals surface area contributed by atoms with Crippen LogP contribution in [0.25, 0.3) is 0 Å². The van der Waals surface area contributed by atoms with Crippen molar-refractivity contribution in [3.05, 3.63) is 0 Å². The monoisotopic (exact) mass is 310 g/mol. The fourth-order valence-electron chi connectivity index (χ4n) is 2.98. The summed E-state index contributed by atoms with van der Waals surface area (Å²) in [4.78, 5) is 0. The van der Waals surface area contributed by atoms with Crippen LogP contribution in [0.15, 0.2) is 0 Å². The van der Waals surface area contributed by atoms with E-state index in [-0.39, 0.29) is 17.3 Å². The highest BCUT2D eigenvalue weighted by atomic mass is 35.7. The van der Waals surface area contributed by atoms with Gasteiger partial charge < -0.3 is 4.74 Å². The van der Waals surface area contributed by atoms with E-state index in [0.717, 1.165) is 38.5 Å². The lowest BCUT2D eigenvalue weighted by Gasteiger charge is -2.32. The molecular weight excluding hydrogens is 284 g/mol. The molecular formula is C14H27ClO3S. The third-order valence-corrected chi connectivity index (χ3v) is 5.30. The van der Waals surface area contributed by atoms with Crippen LogP contribution in [-0.4, -0.2) is 26.9 Å². The number of hydrogen-bond donors (Lipinski definition) is 0. The molecule has 0 spiro atoms. The van der Waals surface area contributed by atoms with Crippen molar-refractivity contribution in [2.75, 3.05) is 12.4 Å². The minimum Gasteiger partial charge on any atom is -0.378 e. The van der Waals surface area contributed by atoms with Crippen molar-refractivity contribution in [3.8, 4) is 0 Å². The van der Waals surface area contributed by atoms with Crippen molar-refractivity contribution >= 4 is 19.7 Å².